The molecule has 2 aromatic heterocycles. The van der Waals surface area contributed by atoms with Crippen molar-refractivity contribution in [1.82, 2.24) is 15.0 Å². The lowest BCUT2D eigenvalue weighted by atomic mass is 9.88. The summed E-state index contributed by atoms with van der Waals surface area (Å²) in [5.41, 5.74) is 0.915. The van der Waals surface area contributed by atoms with Crippen molar-refractivity contribution in [3.63, 3.8) is 0 Å². The second-order valence-electron chi connectivity index (χ2n) is 11.7. The molecule has 9 nitrogen and oxygen atoms in total. The van der Waals surface area contributed by atoms with E-state index < -0.39 is 21.6 Å². The lowest BCUT2D eigenvalue weighted by Crippen LogP contribution is -2.57. The van der Waals surface area contributed by atoms with Gasteiger partial charge < -0.3 is 20.2 Å². The Bertz CT molecular complexity index is 1500. The number of alkyl halides is 1. The number of aromatic nitrogens is 3. The number of pyridine rings is 1. The van der Waals surface area contributed by atoms with E-state index in [1.54, 1.807) is 24.1 Å². The van der Waals surface area contributed by atoms with E-state index in [4.69, 9.17) is 4.98 Å². The molecule has 2 aliphatic rings. The second-order valence-corrected chi connectivity index (χ2v) is 14.1. The van der Waals surface area contributed by atoms with Crippen LogP contribution in [0.3, 0.4) is 0 Å². The molecule has 216 valence electrons. The molecule has 0 radical (unpaired) electrons. The highest BCUT2D eigenvalue weighted by molar-refractivity contribution is 7.91. The van der Waals surface area contributed by atoms with E-state index in [-0.39, 0.29) is 30.0 Å². The van der Waals surface area contributed by atoms with Gasteiger partial charge in [-0.3, -0.25) is 0 Å². The number of hydrogen-bond donors (Lipinski definition) is 2. The Morgan fingerprint density at radius 2 is 1.95 bits per heavy atom. The van der Waals surface area contributed by atoms with Crippen molar-refractivity contribution in [1.29, 1.82) is 0 Å². The molecule has 3 aromatic rings. The van der Waals surface area contributed by atoms with Gasteiger partial charge in [-0.2, -0.15) is 4.98 Å². The summed E-state index contributed by atoms with van der Waals surface area (Å²) < 4.78 is 38.8. The Labute approximate surface area is 235 Å². The van der Waals surface area contributed by atoms with Crippen LogP contribution in [0.4, 0.5) is 27.7 Å². The Hall–Kier alpha value is -3.05. The molecule has 4 heterocycles. The summed E-state index contributed by atoms with van der Waals surface area (Å²) >= 11 is 0. The largest absolute Gasteiger partial charge is 0.387 e. The highest BCUT2D eigenvalue weighted by atomic mass is 32.2. The maximum Gasteiger partial charge on any atom is 0.227 e. The van der Waals surface area contributed by atoms with E-state index >= 15 is 0 Å². The molecule has 40 heavy (non-hydrogen) atoms. The Kier molecular flexibility index (Phi) is 7.64. The van der Waals surface area contributed by atoms with Crippen molar-refractivity contribution in [2.45, 2.75) is 64.8 Å². The molecule has 2 fully saturated rings. The van der Waals surface area contributed by atoms with Crippen LogP contribution in [0.1, 0.15) is 52.5 Å². The van der Waals surface area contributed by atoms with Crippen LogP contribution >= 0.6 is 0 Å². The molecule has 11 heteroatoms. The molecular formula is C29H39FN6O3S. The lowest BCUT2D eigenvalue weighted by molar-refractivity contribution is -0.0332. The minimum absolute atomic E-state index is 0.0331. The number of nitrogens with zero attached hydrogens (tertiary/aromatic N) is 5. The molecule has 4 atom stereocenters. The molecule has 0 spiro atoms. The van der Waals surface area contributed by atoms with Crippen molar-refractivity contribution in [2.75, 3.05) is 46.3 Å². The van der Waals surface area contributed by atoms with Crippen LogP contribution < -0.4 is 15.1 Å². The Morgan fingerprint density at radius 3 is 2.62 bits per heavy atom. The second kappa shape index (κ2) is 10.7. The summed E-state index contributed by atoms with van der Waals surface area (Å²) in [6.45, 7) is 10.8. The molecule has 2 saturated heterocycles. The summed E-state index contributed by atoms with van der Waals surface area (Å²) in [7, 11) is -3.02. The van der Waals surface area contributed by atoms with Crippen LogP contribution in [0, 0.1) is 5.92 Å². The van der Waals surface area contributed by atoms with Gasteiger partial charge in [0.1, 0.15) is 27.6 Å². The fourth-order valence-corrected chi connectivity index (χ4v) is 6.87. The van der Waals surface area contributed by atoms with Crippen LogP contribution in [0.5, 0.6) is 0 Å². The molecule has 1 aromatic carbocycles. The maximum absolute atomic E-state index is 14.4. The van der Waals surface area contributed by atoms with Crippen molar-refractivity contribution in [3.05, 3.63) is 42.2 Å². The number of sulfone groups is 1. The average molecular weight is 571 g/mol. The van der Waals surface area contributed by atoms with Gasteiger partial charge >= 0.3 is 0 Å². The van der Waals surface area contributed by atoms with E-state index in [0.717, 1.165) is 16.5 Å². The number of anilines is 4. The van der Waals surface area contributed by atoms with Gasteiger partial charge in [-0.25, -0.2) is 22.8 Å². The van der Waals surface area contributed by atoms with Crippen molar-refractivity contribution >= 4 is 43.9 Å². The first-order valence-electron chi connectivity index (χ1n) is 14.0. The third kappa shape index (κ3) is 5.58. The summed E-state index contributed by atoms with van der Waals surface area (Å²) in [6.07, 6.45) is 2.41. The van der Waals surface area contributed by atoms with Gasteiger partial charge in [0.2, 0.25) is 5.95 Å². The molecule has 2 aliphatic heterocycles. The maximum atomic E-state index is 14.4. The van der Waals surface area contributed by atoms with Gasteiger partial charge in [0, 0.05) is 54.3 Å². The third-order valence-corrected chi connectivity index (χ3v) is 10.3. The minimum atomic E-state index is -3.02. The SMILES string of the molecule is CCS(=O)(=O)C[C@H]1CN(c2ccc(C(C)C)c3cc(Nc4ccnc(N5CC[C@@](C)(O)[C@@H](F)C5)n4)ncc23)[C@@H]1C. The zero-order valence-electron chi connectivity index (χ0n) is 23.8. The predicted octanol–water partition coefficient (Wildman–Crippen LogP) is 4.45. The number of fused-ring (bicyclic) bond motifs is 1. The van der Waals surface area contributed by atoms with Gasteiger partial charge in [0.25, 0.3) is 0 Å². The highest BCUT2D eigenvalue weighted by Crippen LogP contribution is 2.39. The number of piperidine rings is 1. The lowest BCUT2D eigenvalue weighted by Gasteiger charge is -2.48. The molecule has 0 bridgehead atoms. The molecule has 0 aliphatic carbocycles. The number of halogens is 1. The smallest absolute Gasteiger partial charge is 0.227 e. The van der Waals surface area contributed by atoms with Crippen molar-refractivity contribution in [3.8, 4) is 0 Å². The van der Waals surface area contributed by atoms with E-state index in [0.29, 0.717) is 43.0 Å². The van der Waals surface area contributed by atoms with Gasteiger partial charge in [-0.05, 0) is 55.3 Å². The summed E-state index contributed by atoms with van der Waals surface area (Å²) in [5, 5.41) is 15.6. The van der Waals surface area contributed by atoms with Crippen LogP contribution in [-0.4, -0.2) is 77.4 Å². The van der Waals surface area contributed by atoms with Gasteiger partial charge in [-0.15, -0.1) is 0 Å². The fraction of sp³-hybridized carbons (Fsp3) is 0.552. The Balaban J connectivity index is 1.40. The number of aliphatic hydroxyl groups is 1. The fourth-order valence-electron chi connectivity index (χ4n) is 5.59. The van der Waals surface area contributed by atoms with Gasteiger partial charge in [0.05, 0.1) is 17.9 Å². The van der Waals surface area contributed by atoms with Crippen molar-refractivity contribution in [2.24, 2.45) is 5.92 Å². The zero-order chi connectivity index (χ0) is 28.8. The van der Waals surface area contributed by atoms with E-state index in [9.17, 15) is 17.9 Å². The first-order valence-corrected chi connectivity index (χ1v) is 15.8. The van der Waals surface area contributed by atoms with Crippen molar-refractivity contribution < 1.29 is 17.9 Å². The van der Waals surface area contributed by atoms with E-state index in [1.807, 2.05) is 12.3 Å². The van der Waals surface area contributed by atoms with Crippen LogP contribution in [0.25, 0.3) is 10.8 Å². The molecule has 0 unspecified atom stereocenters. The van der Waals surface area contributed by atoms with Crippen LogP contribution in [-0.2, 0) is 9.84 Å². The van der Waals surface area contributed by atoms with E-state index in [2.05, 4.69) is 53.1 Å². The number of nitrogens with one attached hydrogen (secondary N) is 1. The van der Waals surface area contributed by atoms with Gasteiger partial charge in [-0.1, -0.05) is 26.8 Å². The molecular weight excluding hydrogens is 531 g/mol. The monoisotopic (exact) mass is 570 g/mol. The number of benzene rings is 1. The first-order chi connectivity index (χ1) is 18.9. The number of hydrogen-bond acceptors (Lipinski definition) is 9. The van der Waals surface area contributed by atoms with Crippen LogP contribution in [0.2, 0.25) is 0 Å². The summed E-state index contributed by atoms with van der Waals surface area (Å²) in [4.78, 5) is 17.6. The zero-order valence-corrected chi connectivity index (χ0v) is 24.6. The normalized spacial score (nSPS) is 25.4. The average Bonchev–Trinajstić information content (AvgIpc) is 2.91. The molecule has 2 N–H and O–H groups in total. The predicted molar refractivity (Wildman–Crippen MR) is 158 cm³/mol. The Morgan fingerprint density at radius 1 is 1.18 bits per heavy atom. The minimum Gasteiger partial charge on any atom is -0.387 e. The topological polar surface area (TPSA) is 112 Å². The highest BCUT2D eigenvalue weighted by Gasteiger charge is 2.39. The van der Waals surface area contributed by atoms with E-state index in [1.165, 1.54) is 12.5 Å². The third-order valence-electron chi connectivity index (χ3n) is 8.48. The molecule has 0 saturated carbocycles. The summed E-state index contributed by atoms with van der Waals surface area (Å²) in [5.74, 6) is 2.38. The molecule has 5 rings (SSSR count). The quantitative estimate of drug-likeness (QED) is 0.406. The number of rotatable bonds is 8. The van der Waals surface area contributed by atoms with Gasteiger partial charge in [0.15, 0.2) is 0 Å². The first kappa shape index (κ1) is 28.5. The van der Waals surface area contributed by atoms with Crippen LogP contribution in [0.15, 0.2) is 36.7 Å². The summed E-state index contributed by atoms with van der Waals surface area (Å²) in [6, 6.07) is 8.16. The molecule has 0 amide bonds. The standard InChI is InChI=1S/C29H39FN6O3S/c1-6-40(38,39)17-20-15-36(19(20)4)24-8-7-21(18(2)3)22-13-27(32-14-23(22)24)33-26-9-11-31-28(34-26)35-12-10-29(5,37)25(30)16-35/h7-9,11,13-14,18-20,25,37H,6,10,12,15-17H2,1-5H3,(H,31,32,33,34)/t19-,20-,25+,29-/m1/s1.